The fourth-order valence-corrected chi connectivity index (χ4v) is 3.07. The van der Waals surface area contributed by atoms with Gasteiger partial charge in [0.2, 0.25) is 0 Å². The number of ether oxygens (including phenoxy) is 2. The highest BCUT2D eigenvalue weighted by Gasteiger charge is 2.26. The number of nitrogens with one attached hydrogen (secondary N) is 1. The molecule has 168 valence electrons. The minimum Gasteiger partial charge on any atom is -0.459 e. The lowest BCUT2D eigenvalue weighted by molar-refractivity contribution is -0.147. The van der Waals surface area contributed by atoms with E-state index in [0.29, 0.717) is 12.2 Å². The molecule has 0 aliphatic rings. The van der Waals surface area contributed by atoms with Gasteiger partial charge in [-0.3, -0.25) is 0 Å². The summed E-state index contributed by atoms with van der Waals surface area (Å²) in [7, 11) is 0. The molecule has 2 aromatic carbocycles. The summed E-state index contributed by atoms with van der Waals surface area (Å²) in [5.74, 6) is -0.544. The highest BCUT2D eigenvalue weighted by molar-refractivity contribution is 5.81. The highest BCUT2D eigenvalue weighted by atomic mass is 16.6. The number of imidazole rings is 1. The van der Waals surface area contributed by atoms with E-state index in [2.05, 4.69) is 10.3 Å². The zero-order valence-electron chi connectivity index (χ0n) is 18.7. The predicted octanol–water partition coefficient (Wildman–Crippen LogP) is 4.11. The standard InChI is InChI=1S/C25H29N3O4/c1-25(2,3)32-24(30)27-22(23(29)31-17-20-12-8-5-9-13-20)14-21-16-28(18-26-21)15-19-10-6-4-7-11-19/h4-13,16,18,22H,14-15,17H2,1-3H3,(H,27,30)/t22-/m0/s1. The molecule has 0 saturated carbocycles. The Morgan fingerprint density at radius 1 is 1.00 bits per heavy atom. The smallest absolute Gasteiger partial charge is 0.408 e. The van der Waals surface area contributed by atoms with Crippen LogP contribution in [0.25, 0.3) is 0 Å². The molecule has 0 fully saturated rings. The number of alkyl carbamates (subject to hydrolysis) is 1. The van der Waals surface area contributed by atoms with E-state index in [1.54, 1.807) is 27.1 Å². The van der Waals surface area contributed by atoms with Gasteiger partial charge in [-0.25, -0.2) is 14.6 Å². The van der Waals surface area contributed by atoms with Gasteiger partial charge in [0.05, 0.1) is 12.0 Å². The van der Waals surface area contributed by atoms with Crippen LogP contribution in [0.3, 0.4) is 0 Å². The van der Waals surface area contributed by atoms with Crippen molar-refractivity contribution in [1.82, 2.24) is 14.9 Å². The summed E-state index contributed by atoms with van der Waals surface area (Å²) in [5.41, 5.74) is 1.99. The zero-order chi connectivity index (χ0) is 23.0. The molecular formula is C25H29N3O4. The van der Waals surface area contributed by atoms with Crippen molar-refractivity contribution in [1.29, 1.82) is 0 Å². The Morgan fingerprint density at radius 3 is 2.25 bits per heavy atom. The van der Waals surface area contributed by atoms with Crippen LogP contribution in [0.2, 0.25) is 0 Å². The van der Waals surface area contributed by atoms with Gasteiger partial charge in [0.25, 0.3) is 0 Å². The number of amides is 1. The van der Waals surface area contributed by atoms with Crippen molar-refractivity contribution in [3.8, 4) is 0 Å². The maximum atomic E-state index is 12.8. The maximum absolute atomic E-state index is 12.8. The summed E-state index contributed by atoms with van der Waals surface area (Å²) in [6, 6.07) is 18.5. The Labute approximate surface area is 188 Å². The van der Waals surface area contributed by atoms with Gasteiger partial charge in [0, 0.05) is 19.2 Å². The minimum atomic E-state index is -0.923. The number of hydrogen-bond donors (Lipinski definition) is 1. The molecule has 1 heterocycles. The van der Waals surface area contributed by atoms with Gasteiger partial charge in [-0.05, 0) is 31.9 Å². The van der Waals surface area contributed by atoms with E-state index in [-0.39, 0.29) is 13.0 Å². The predicted molar refractivity (Wildman–Crippen MR) is 121 cm³/mol. The zero-order valence-corrected chi connectivity index (χ0v) is 18.7. The molecule has 0 aliphatic carbocycles. The first-order chi connectivity index (χ1) is 15.3. The van der Waals surface area contributed by atoms with E-state index < -0.39 is 23.7 Å². The highest BCUT2D eigenvalue weighted by Crippen LogP contribution is 2.11. The molecule has 32 heavy (non-hydrogen) atoms. The first-order valence-electron chi connectivity index (χ1n) is 10.5. The molecule has 7 heteroatoms. The average Bonchev–Trinajstić information content (AvgIpc) is 3.18. The van der Waals surface area contributed by atoms with Crippen molar-refractivity contribution < 1.29 is 19.1 Å². The molecule has 0 saturated heterocycles. The molecule has 0 unspecified atom stereocenters. The molecule has 1 N–H and O–H groups in total. The first-order valence-corrected chi connectivity index (χ1v) is 10.5. The van der Waals surface area contributed by atoms with Gasteiger partial charge in [0.1, 0.15) is 18.2 Å². The van der Waals surface area contributed by atoms with Gasteiger partial charge in [-0.2, -0.15) is 0 Å². The summed E-state index contributed by atoms with van der Waals surface area (Å²) in [6.07, 6.45) is 3.08. The molecule has 0 spiro atoms. The SMILES string of the molecule is CC(C)(C)OC(=O)N[C@@H](Cc1cn(Cc2ccccc2)cn1)C(=O)OCc1ccccc1. The van der Waals surface area contributed by atoms with E-state index >= 15 is 0 Å². The molecule has 1 atom stereocenters. The summed E-state index contributed by atoms with van der Waals surface area (Å²) in [6.45, 7) is 6.08. The summed E-state index contributed by atoms with van der Waals surface area (Å²) >= 11 is 0. The number of aromatic nitrogens is 2. The van der Waals surface area contributed by atoms with E-state index in [1.165, 1.54) is 0 Å². The molecule has 1 amide bonds. The monoisotopic (exact) mass is 435 g/mol. The van der Waals surface area contributed by atoms with E-state index in [4.69, 9.17) is 9.47 Å². The lowest BCUT2D eigenvalue weighted by atomic mass is 10.1. The number of carbonyl (C=O) groups excluding carboxylic acids is 2. The maximum Gasteiger partial charge on any atom is 0.408 e. The molecule has 0 aliphatic heterocycles. The van der Waals surface area contributed by atoms with Crippen LogP contribution in [-0.2, 0) is 33.8 Å². The second-order valence-corrected chi connectivity index (χ2v) is 8.52. The number of rotatable bonds is 8. The van der Waals surface area contributed by atoms with Gasteiger partial charge in [-0.1, -0.05) is 60.7 Å². The molecule has 3 aromatic rings. The molecule has 1 aromatic heterocycles. The number of hydrogen-bond acceptors (Lipinski definition) is 5. The summed E-state index contributed by atoms with van der Waals surface area (Å²) < 4.78 is 12.7. The topological polar surface area (TPSA) is 82.5 Å². The van der Waals surface area contributed by atoms with Crippen LogP contribution in [0.1, 0.15) is 37.6 Å². The third kappa shape index (κ3) is 7.58. The van der Waals surface area contributed by atoms with Gasteiger partial charge >= 0.3 is 12.1 Å². The normalized spacial score (nSPS) is 12.1. The Hall–Kier alpha value is -3.61. The fraction of sp³-hybridized carbons (Fsp3) is 0.320. The molecule has 0 bridgehead atoms. The quantitative estimate of drug-likeness (QED) is 0.539. The molecule has 0 radical (unpaired) electrons. The van der Waals surface area contributed by atoms with Crippen molar-refractivity contribution >= 4 is 12.1 Å². The fourth-order valence-electron chi connectivity index (χ4n) is 3.07. The van der Waals surface area contributed by atoms with Crippen molar-refractivity contribution in [2.24, 2.45) is 0 Å². The van der Waals surface area contributed by atoms with Crippen LogP contribution in [0.5, 0.6) is 0 Å². The molecular weight excluding hydrogens is 406 g/mol. The first kappa shape index (κ1) is 23.1. The second kappa shape index (κ2) is 10.6. The van der Waals surface area contributed by atoms with Crippen LogP contribution in [-0.4, -0.2) is 33.3 Å². The van der Waals surface area contributed by atoms with E-state index in [0.717, 1.165) is 11.1 Å². The lowest BCUT2D eigenvalue weighted by Gasteiger charge is -2.22. The van der Waals surface area contributed by atoms with Crippen LogP contribution in [0.4, 0.5) is 4.79 Å². The Bertz CT molecular complexity index is 1010. The Balaban J connectivity index is 1.67. The van der Waals surface area contributed by atoms with Gasteiger partial charge < -0.3 is 19.4 Å². The largest absolute Gasteiger partial charge is 0.459 e. The van der Waals surface area contributed by atoms with Crippen LogP contribution < -0.4 is 5.32 Å². The van der Waals surface area contributed by atoms with Gasteiger partial charge in [-0.15, -0.1) is 0 Å². The van der Waals surface area contributed by atoms with Crippen molar-refractivity contribution in [2.75, 3.05) is 0 Å². The Kier molecular flexibility index (Phi) is 7.65. The van der Waals surface area contributed by atoms with Crippen molar-refractivity contribution in [3.05, 3.63) is 90.0 Å². The third-order valence-corrected chi connectivity index (χ3v) is 4.51. The summed E-state index contributed by atoms with van der Waals surface area (Å²) in [4.78, 5) is 29.5. The van der Waals surface area contributed by atoms with Gasteiger partial charge in [0.15, 0.2) is 0 Å². The van der Waals surface area contributed by atoms with Crippen molar-refractivity contribution in [3.63, 3.8) is 0 Å². The Morgan fingerprint density at radius 2 is 1.62 bits per heavy atom. The van der Waals surface area contributed by atoms with Crippen LogP contribution in [0, 0.1) is 0 Å². The number of benzene rings is 2. The number of nitrogens with zero attached hydrogens (tertiary/aromatic N) is 2. The van der Waals surface area contributed by atoms with Crippen LogP contribution >= 0.6 is 0 Å². The second-order valence-electron chi connectivity index (χ2n) is 8.52. The third-order valence-electron chi connectivity index (χ3n) is 4.51. The molecule has 3 rings (SSSR count). The minimum absolute atomic E-state index is 0.120. The lowest BCUT2D eigenvalue weighted by Crippen LogP contribution is -2.45. The molecule has 7 nitrogen and oxygen atoms in total. The van der Waals surface area contributed by atoms with Crippen molar-refractivity contribution in [2.45, 2.75) is 52.0 Å². The number of esters is 1. The van der Waals surface area contributed by atoms with Crippen LogP contribution in [0.15, 0.2) is 73.2 Å². The van der Waals surface area contributed by atoms with E-state index in [9.17, 15) is 9.59 Å². The average molecular weight is 436 g/mol. The van der Waals surface area contributed by atoms with E-state index in [1.807, 2.05) is 71.4 Å². The summed E-state index contributed by atoms with van der Waals surface area (Å²) in [5, 5.41) is 2.63. The number of carbonyl (C=O) groups is 2.